The zero-order chi connectivity index (χ0) is 21.8. The Bertz CT molecular complexity index is 1270. The van der Waals surface area contributed by atoms with Crippen LogP contribution in [-0.2, 0) is 4.74 Å². The number of nitriles is 1. The minimum Gasteiger partial charge on any atom is -0.493 e. The van der Waals surface area contributed by atoms with Crippen molar-refractivity contribution in [3.63, 3.8) is 0 Å². The van der Waals surface area contributed by atoms with Gasteiger partial charge >= 0.3 is 0 Å². The van der Waals surface area contributed by atoms with Gasteiger partial charge in [-0.2, -0.15) is 0 Å². The second kappa shape index (κ2) is 9.22. The number of nitrogens with zero attached hydrogens (tertiary/aromatic N) is 4. The van der Waals surface area contributed by atoms with Crippen LogP contribution >= 0.6 is 0 Å². The van der Waals surface area contributed by atoms with E-state index in [0.717, 1.165) is 78.1 Å². The summed E-state index contributed by atoms with van der Waals surface area (Å²) in [4.78, 5) is 14.6. The summed E-state index contributed by atoms with van der Waals surface area (Å²) in [5, 5.41) is 10.7. The van der Waals surface area contributed by atoms with Crippen molar-refractivity contribution in [3.05, 3.63) is 48.9 Å². The molecule has 1 aliphatic heterocycles. The van der Waals surface area contributed by atoms with Crippen LogP contribution in [-0.4, -0.2) is 59.3 Å². The number of hydrogen-bond donors (Lipinski definition) is 1. The number of rotatable bonds is 7. The van der Waals surface area contributed by atoms with Crippen LogP contribution in [0.3, 0.4) is 0 Å². The molecule has 0 amide bonds. The molecule has 5 rings (SSSR count). The molecule has 2 aromatic carbocycles. The van der Waals surface area contributed by atoms with Gasteiger partial charge in [-0.05, 0) is 30.7 Å². The van der Waals surface area contributed by atoms with Crippen LogP contribution in [0, 0.1) is 11.5 Å². The molecule has 0 aliphatic carbocycles. The number of aromatic nitrogens is 3. The Balaban J connectivity index is 1.33. The predicted molar refractivity (Wildman–Crippen MR) is 120 cm³/mol. The molecule has 8 heteroatoms. The molecule has 1 saturated heterocycles. The average Bonchev–Trinajstić information content (AvgIpc) is 3.25. The Morgan fingerprint density at radius 3 is 2.78 bits per heavy atom. The van der Waals surface area contributed by atoms with Crippen molar-refractivity contribution in [3.8, 4) is 29.0 Å². The molecule has 2 aromatic heterocycles. The van der Waals surface area contributed by atoms with E-state index in [1.807, 2.05) is 30.5 Å². The van der Waals surface area contributed by atoms with Gasteiger partial charge in [-0.15, -0.1) is 5.26 Å². The van der Waals surface area contributed by atoms with E-state index in [2.05, 4.69) is 19.9 Å². The number of nitrogens with one attached hydrogen (secondary N) is 1. The Labute approximate surface area is 185 Å². The molecule has 162 valence electrons. The molecule has 0 radical (unpaired) electrons. The van der Waals surface area contributed by atoms with Crippen molar-refractivity contribution in [2.45, 2.75) is 6.42 Å². The number of fused-ring (bicyclic) bond motifs is 2. The summed E-state index contributed by atoms with van der Waals surface area (Å²) in [7, 11) is 0. The SMILES string of the molecule is N#COc1ccc2c(-c3ncnc4cc(OCCCN5CCOCC5)ccc34)c[nH]c2c1. The normalized spacial score (nSPS) is 14.5. The third-order valence-electron chi connectivity index (χ3n) is 5.67. The van der Waals surface area contributed by atoms with Gasteiger partial charge in [0.15, 0.2) is 0 Å². The maximum atomic E-state index is 8.73. The first kappa shape index (κ1) is 20.2. The van der Waals surface area contributed by atoms with Crippen LogP contribution in [0.5, 0.6) is 11.5 Å². The summed E-state index contributed by atoms with van der Waals surface area (Å²) in [6.07, 6.45) is 6.16. The molecule has 1 N–H and O–H groups in total. The average molecular weight is 429 g/mol. The summed E-state index contributed by atoms with van der Waals surface area (Å²) in [5.74, 6) is 1.30. The van der Waals surface area contributed by atoms with Gasteiger partial charge in [0.05, 0.1) is 31.0 Å². The molecule has 8 nitrogen and oxygen atoms in total. The topological polar surface area (TPSA) is 96.3 Å². The lowest BCUT2D eigenvalue weighted by Gasteiger charge is -2.26. The monoisotopic (exact) mass is 429 g/mol. The van der Waals surface area contributed by atoms with Crippen molar-refractivity contribution in [1.29, 1.82) is 5.26 Å². The third-order valence-corrected chi connectivity index (χ3v) is 5.67. The number of morpholine rings is 1. The van der Waals surface area contributed by atoms with Gasteiger partial charge in [-0.3, -0.25) is 4.90 Å². The van der Waals surface area contributed by atoms with E-state index >= 15 is 0 Å². The molecule has 0 unspecified atom stereocenters. The lowest BCUT2D eigenvalue weighted by molar-refractivity contribution is 0.0358. The van der Waals surface area contributed by atoms with Gasteiger partial charge in [0.1, 0.15) is 17.8 Å². The van der Waals surface area contributed by atoms with E-state index in [1.165, 1.54) is 0 Å². The third kappa shape index (κ3) is 4.21. The number of H-pyrrole nitrogens is 1. The summed E-state index contributed by atoms with van der Waals surface area (Å²) in [6, 6.07) is 11.4. The number of benzene rings is 2. The van der Waals surface area contributed by atoms with Crippen LogP contribution < -0.4 is 9.47 Å². The van der Waals surface area contributed by atoms with E-state index in [-0.39, 0.29) is 0 Å². The van der Waals surface area contributed by atoms with Crippen molar-refractivity contribution in [1.82, 2.24) is 19.9 Å². The molecule has 0 saturated carbocycles. The van der Waals surface area contributed by atoms with Crippen LogP contribution in [0.25, 0.3) is 33.1 Å². The Morgan fingerprint density at radius 2 is 1.91 bits per heavy atom. The fourth-order valence-electron chi connectivity index (χ4n) is 4.06. The molecule has 0 bridgehead atoms. The van der Waals surface area contributed by atoms with Crippen molar-refractivity contribution < 1.29 is 14.2 Å². The van der Waals surface area contributed by atoms with E-state index in [0.29, 0.717) is 12.4 Å². The first-order valence-corrected chi connectivity index (χ1v) is 10.7. The standard InChI is InChI=1S/C24H23N5O3/c25-15-32-18-2-4-19-21(14-26-22(19)13-18)24-20-5-3-17(12-23(20)27-16-28-24)31-9-1-6-29-7-10-30-11-8-29/h2-5,12-14,16,26H,1,6-11H2. The largest absolute Gasteiger partial charge is 0.493 e. The molecule has 1 aliphatic rings. The zero-order valence-corrected chi connectivity index (χ0v) is 17.6. The van der Waals surface area contributed by atoms with Crippen LogP contribution in [0.4, 0.5) is 0 Å². The van der Waals surface area contributed by atoms with E-state index in [9.17, 15) is 0 Å². The maximum Gasteiger partial charge on any atom is 0.292 e. The van der Waals surface area contributed by atoms with Gasteiger partial charge < -0.3 is 19.2 Å². The number of ether oxygens (including phenoxy) is 3. The Kier molecular flexibility index (Phi) is 5.83. The highest BCUT2D eigenvalue weighted by molar-refractivity contribution is 6.02. The predicted octanol–water partition coefficient (Wildman–Crippen LogP) is 3.74. The Morgan fingerprint density at radius 1 is 1.06 bits per heavy atom. The molecule has 0 atom stereocenters. The summed E-state index contributed by atoms with van der Waals surface area (Å²) in [6.45, 7) is 5.31. The fourth-order valence-corrected chi connectivity index (χ4v) is 4.06. The van der Waals surface area contributed by atoms with Crippen molar-refractivity contribution in [2.75, 3.05) is 39.5 Å². The highest BCUT2D eigenvalue weighted by atomic mass is 16.5. The van der Waals surface area contributed by atoms with Crippen LogP contribution in [0.15, 0.2) is 48.9 Å². The lowest BCUT2D eigenvalue weighted by Crippen LogP contribution is -2.37. The van der Waals surface area contributed by atoms with E-state index < -0.39 is 0 Å². The molecule has 4 aromatic rings. The van der Waals surface area contributed by atoms with Crippen LogP contribution in [0.1, 0.15) is 6.42 Å². The molecular weight excluding hydrogens is 406 g/mol. The highest BCUT2D eigenvalue weighted by Gasteiger charge is 2.13. The number of aromatic amines is 1. The molecule has 1 fully saturated rings. The second-order valence-corrected chi connectivity index (χ2v) is 7.66. The minimum atomic E-state index is 0.497. The van der Waals surface area contributed by atoms with Crippen molar-refractivity contribution in [2.24, 2.45) is 0 Å². The summed E-state index contributed by atoms with van der Waals surface area (Å²) >= 11 is 0. The Hall–Kier alpha value is -3.67. The van der Waals surface area contributed by atoms with Gasteiger partial charge in [-0.1, -0.05) is 0 Å². The molecule has 3 heterocycles. The molecular formula is C24H23N5O3. The van der Waals surface area contributed by atoms with Gasteiger partial charge in [0.2, 0.25) is 0 Å². The summed E-state index contributed by atoms with van der Waals surface area (Å²) < 4.78 is 16.3. The minimum absolute atomic E-state index is 0.497. The maximum absolute atomic E-state index is 8.73. The second-order valence-electron chi connectivity index (χ2n) is 7.66. The van der Waals surface area contributed by atoms with Gasteiger partial charge in [-0.25, -0.2) is 9.97 Å². The van der Waals surface area contributed by atoms with Gasteiger partial charge in [0, 0.05) is 59.8 Å². The molecule has 32 heavy (non-hydrogen) atoms. The smallest absolute Gasteiger partial charge is 0.292 e. The van der Waals surface area contributed by atoms with E-state index in [1.54, 1.807) is 24.7 Å². The lowest BCUT2D eigenvalue weighted by atomic mass is 10.1. The number of hydrogen-bond acceptors (Lipinski definition) is 7. The molecule has 0 spiro atoms. The highest BCUT2D eigenvalue weighted by Crippen LogP contribution is 2.34. The van der Waals surface area contributed by atoms with Crippen LogP contribution in [0.2, 0.25) is 0 Å². The van der Waals surface area contributed by atoms with Crippen molar-refractivity contribution >= 4 is 21.8 Å². The first-order valence-electron chi connectivity index (χ1n) is 10.7. The van der Waals surface area contributed by atoms with E-state index in [4.69, 9.17) is 19.5 Å². The first-order chi connectivity index (χ1) is 15.8. The fraction of sp³-hybridized carbons (Fsp3) is 0.292. The summed E-state index contributed by atoms with van der Waals surface area (Å²) in [5.41, 5.74) is 3.52. The van der Waals surface area contributed by atoms with Gasteiger partial charge in [0.25, 0.3) is 6.26 Å². The zero-order valence-electron chi connectivity index (χ0n) is 17.6. The quantitative estimate of drug-likeness (QED) is 0.353.